The molecule has 0 radical (unpaired) electrons. The quantitative estimate of drug-likeness (QED) is 0.444. The molecule has 1 aromatic carbocycles. The van der Waals surface area contributed by atoms with Gasteiger partial charge in [0.1, 0.15) is 5.75 Å². The van der Waals surface area contributed by atoms with E-state index in [-0.39, 0.29) is 5.91 Å². The second kappa shape index (κ2) is 8.60. The molecule has 4 rings (SSSR count). The number of halogens is 1. The molecule has 0 aliphatic heterocycles. The molecule has 148 valence electrons. The third-order valence-electron chi connectivity index (χ3n) is 4.13. The number of para-hydroxylation sites is 1. The number of benzene rings is 1. The van der Waals surface area contributed by atoms with Crippen molar-refractivity contribution in [3.8, 4) is 17.3 Å². The Labute approximate surface area is 175 Å². The fraction of sp³-hybridized carbons (Fsp3) is 0.150. The van der Waals surface area contributed by atoms with Gasteiger partial charge in [-0.3, -0.25) is 4.79 Å². The molecule has 0 atom stereocenters. The lowest BCUT2D eigenvalue weighted by Crippen LogP contribution is -2.26. The summed E-state index contributed by atoms with van der Waals surface area (Å²) in [6.07, 6.45) is 3.41. The Morgan fingerprint density at radius 2 is 2.14 bits per heavy atom. The van der Waals surface area contributed by atoms with Crippen molar-refractivity contribution in [1.82, 2.24) is 20.1 Å². The van der Waals surface area contributed by atoms with E-state index in [9.17, 15) is 4.79 Å². The SMILES string of the molecule is COCCNC(=O)c1cc(-n2ncc3cc(Oc4ccccc4Cl)ncc32)cs1. The van der Waals surface area contributed by atoms with E-state index in [1.54, 1.807) is 48.5 Å². The van der Waals surface area contributed by atoms with Crippen molar-refractivity contribution in [3.63, 3.8) is 0 Å². The maximum absolute atomic E-state index is 12.2. The summed E-state index contributed by atoms with van der Waals surface area (Å²) in [6.45, 7) is 0.934. The number of carbonyl (C=O) groups excluding carboxylic acids is 1. The summed E-state index contributed by atoms with van der Waals surface area (Å²) in [5.74, 6) is 0.826. The summed E-state index contributed by atoms with van der Waals surface area (Å²) in [4.78, 5) is 17.2. The van der Waals surface area contributed by atoms with Gasteiger partial charge in [0.25, 0.3) is 5.91 Å². The summed E-state index contributed by atoms with van der Waals surface area (Å²) in [5, 5.41) is 10.5. The second-order valence-electron chi connectivity index (χ2n) is 6.09. The van der Waals surface area contributed by atoms with Crippen LogP contribution in [0.2, 0.25) is 5.02 Å². The van der Waals surface area contributed by atoms with Crippen LogP contribution in [0.3, 0.4) is 0 Å². The second-order valence-corrected chi connectivity index (χ2v) is 7.41. The van der Waals surface area contributed by atoms with E-state index in [1.807, 2.05) is 17.5 Å². The first-order chi connectivity index (χ1) is 14.2. The molecular weight excluding hydrogens is 412 g/mol. The molecule has 0 saturated carbocycles. The van der Waals surface area contributed by atoms with Gasteiger partial charge >= 0.3 is 0 Å². The van der Waals surface area contributed by atoms with Gasteiger partial charge < -0.3 is 14.8 Å². The molecule has 0 spiro atoms. The highest BCUT2D eigenvalue weighted by atomic mass is 35.5. The molecule has 0 aliphatic rings. The highest BCUT2D eigenvalue weighted by Gasteiger charge is 2.13. The Kier molecular flexibility index (Phi) is 5.75. The maximum atomic E-state index is 12.2. The monoisotopic (exact) mass is 428 g/mol. The van der Waals surface area contributed by atoms with Crippen LogP contribution in [0, 0.1) is 0 Å². The van der Waals surface area contributed by atoms with Gasteiger partial charge in [0.2, 0.25) is 5.88 Å². The maximum Gasteiger partial charge on any atom is 0.261 e. The number of hydrogen-bond donors (Lipinski definition) is 1. The van der Waals surface area contributed by atoms with Crippen molar-refractivity contribution in [2.24, 2.45) is 0 Å². The Morgan fingerprint density at radius 3 is 2.97 bits per heavy atom. The third-order valence-corrected chi connectivity index (χ3v) is 5.35. The van der Waals surface area contributed by atoms with Gasteiger partial charge in [-0.1, -0.05) is 23.7 Å². The first-order valence-corrected chi connectivity index (χ1v) is 10.0. The van der Waals surface area contributed by atoms with Crippen molar-refractivity contribution < 1.29 is 14.3 Å². The van der Waals surface area contributed by atoms with E-state index in [0.29, 0.717) is 34.7 Å². The molecule has 1 amide bonds. The summed E-state index contributed by atoms with van der Waals surface area (Å²) in [7, 11) is 1.59. The molecule has 0 fully saturated rings. The molecule has 7 nitrogen and oxygen atoms in total. The minimum absolute atomic E-state index is 0.136. The lowest BCUT2D eigenvalue weighted by molar-refractivity contribution is 0.0941. The number of fused-ring (bicyclic) bond motifs is 1. The average Bonchev–Trinajstić information content (AvgIpc) is 3.36. The van der Waals surface area contributed by atoms with Crippen LogP contribution in [-0.2, 0) is 4.74 Å². The Balaban J connectivity index is 1.55. The van der Waals surface area contributed by atoms with Crippen molar-refractivity contribution >= 4 is 39.7 Å². The van der Waals surface area contributed by atoms with Gasteiger partial charge in [-0.15, -0.1) is 11.3 Å². The van der Waals surface area contributed by atoms with Crippen molar-refractivity contribution in [2.75, 3.05) is 20.3 Å². The van der Waals surface area contributed by atoms with Crippen LogP contribution in [-0.4, -0.2) is 40.9 Å². The first-order valence-electron chi connectivity index (χ1n) is 8.78. The largest absolute Gasteiger partial charge is 0.437 e. The highest BCUT2D eigenvalue weighted by Crippen LogP contribution is 2.30. The van der Waals surface area contributed by atoms with Crippen LogP contribution in [0.15, 0.2) is 54.2 Å². The fourth-order valence-electron chi connectivity index (χ4n) is 2.72. The van der Waals surface area contributed by atoms with Gasteiger partial charge in [0.15, 0.2) is 0 Å². The molecule has 1 N–H and O–H groups in total. The average molecular weight is 429 g/mol. The van der Waals surface area contributed by atoms with Gasteiger partial charge in [-0.25, -0.2) is 9.67 Å². The molecule has 0 bridgehead atoms. The van der Waals surface area contributed by atoms with E-state index >= 15 is 0 Å². The topological polar surface area (TPSA) is 78.3 Å². The number of pyridine rings is 1. The Hall–Kier alpha value is -2.94. The molecule has 9 heteroatoms. The number of hydrogen-bond acceptors (Lipinski definition) is 6. The van der Waals surface area contributed by atoms with E-state index in [2.05, 4.69) is 15.4 Å². The van der Waals surface area contributed by atoms with E-state index in [0.717, 1.165) is 16.6 Å². The summed E-state index contributed by atoms with van der Waals surface area (Å²) >= 11 is 7.49. The Morgan fingerprint density at radius 1 is 1.28 bits per heavy atom. The standard InChI is InChI=1S/C20H17ClN4O3S/c1-27-7-6-22-20(26)18-9-14(12-29-18)25-16-11-23-19(8-13(16)10-24-25)28-17-5-3-2-4-15(17)21/h2-5,8-12H,6-7H2,1H3,(H,22,26). The number of ether oxygens (including phenoxy) is 2. The van der Waals surface area contributed by atoms with Crippen molar-refractivity contribution in [2.45, 2.75) is 0 Å². The normalized spacial score (nSPS) is 11.0. The molecule has 0 unspecified atom stereocenters. The van der Waals surface area contributed by atoms with Crippen LogP contribution in [0.4, 0.5) is 0 Å². The minimum atomic E-state index is -0.136. The van der Waals surface area contributed by atoms with Gasteiger partial charge in [0.05, 0.1) is 40.1 Å². The van der Waals surface area contributed by atoms with Gasteiger partial charge in [-0.05, 0) is 18.2 Å². The third kappa shape index (κ3) is 4.24. The number of aromatic nitrogens is 3. The number of rotatable bonds is 7. The Bertz CT molecular complexity index is 1160. The molecular formula is C20H17ClN4O3S. The van der Waals surface area contributed by atoms with Crippen LogP contribution in [0.5, 0.6) is 11.6 Å². The summed E-state index contributed by atoms with van der Waals surface area (Å²) < 4.78 is 12.5. The predicted molar refractivity (Wildman–Crippen MR) is 112 cm³/mol. The van der Waals surface area contributed by atoms with E-state index < -0.39 is 0 Å². The van der Waals surface area contributed by atoms with Crippen molar-refractivity contribution in [1.29, 1.82) is 0 Å². The molecule has 29 heavy (non-hydrogen) atoms. The molecule has 4 aromatic rings. The number of carbonyl (C=O) groups is 1. The van der Waals surface area contributed by atoms with Crippen LogP contribution >= 0.6 is 22.9 Å². The van der Waals surface area contributed by atoms with Gasteiger partial charge in [0, 0.05) is 30.5 Å². The molecule has 3 heterocycles. The van der Waals surface area contributed by atoms with E-state index in [1.165, 1.54) is 11.3 Å². The lowest BCUT2D eigenvalue weighted by atomic mass is 10.3. The van der Waals surface area contributed by atoms with Crippen LogP contribution < -0.4 is 10.1 Å². The fourth-order valence-corrected chi connectivity index (χ4v) is 3.68. The molecule has 0 saturated heterocycles. The number of nitrogens with one attached hydrogen (secondary N) is 1. The zero-order valence-corrected chi connectivity index (χ0v) is 17.0. The van der Waals surface area contributed by atoms with Gasteiger partial charge in [-0.2, -0.15) is 5.10 Å². The highest BCUT2D eigenvalue weighted by molar-refractivity contribution is 7.12. The predicted octanol–water partition coefficient (Wildman–Crippen LogP) is 4.30. The minimum Gasteiger partial charge on any atom is -0.437 e. The molecule has 3 aromatic heterocycles. The first kappa shape index (κ1) is 19.4. The number of thiophene rings is 1. The summed E-state index contributed by atoms with van der Waals surface area (Å²) in [5.41, 5.74) is 1.60. The lowest BCUT2D eigenvalue weighted by Gasteiger charge is -2.06. The number of amides is 1. The molecule has 0 aliphatic carbocycles. The number of methoxy groups -OCH3 is 1. The van der Waals surface area contributed by atoms with Crippen LogP contribution in [0.25, 0.3) is 16.6 Å². The smallest absolute Gasteiger partial charge is 0.261 e. The zero-order valence-electron chi connectivity index (χ0n) is 15.5. The van der Waals surface area contributed by atoms with Crippen LogP contribution in [0.1, 0.15) is 9.67 Å². The van der Waals surface area contributed by atoms with E-state index in [4.69, 9.17) is 21.1 Å². The zero-order chi connectivity index (χ0) is 20.2. The number of nitrogens with zero attached hydrogens (tertiary/aromatic N) is 3. The van der Waals surface area contributed by atoms with Crippen molar-refractivity contribution in [3.05, 3.63) is 64.1 Å². The summed E-state index contributed by atoms with van der Waals surface area (Å²) in [6, 6.07) is 10.8.